The van der Waals surface area contributed by atoms with Crippen LogP contribution in [-0.2, 0) is 6.54 Å². The molecule has 0 radical (unpaired) electrons. The first kappa shape index (κ1) is 17.2. The van der Waals surface area contributed by atoms with Crippen molar-refractivity contribution in [1.82, 2.24) is 0 Å². The van der Waals surface area contributed by atoms with E-state index >= 15 is 0 Å². The normalized spacial score (nSPS) is 10.5. The lowest BCUT2D eigenvalue weighted by Crippen LogP contribution is -2.03. The van der Waals surface area contributed by atoms with Crippen LogP contribution in [0.2, 0.25) is 0 Å². The molecule has 3 aromatic carbocycles. The van der Waals surface area contributed by atoms with Gasteiger partial charge in [-0.3, -0.25) is 20.2 Å². The van der Waals surface area contributed by atoms with E-state index in [-0.39, 0.29) is 17.1 Å². The summed E-state index contributed by atoms with van der Waals surface area (Å²) in [6.45, 7) is 0.348. The van der Waals surface area contributed by atoms with Gasteiger partial charge in [0, 0.05) is 12.6 Å². The Morgan fingerprint density at radius 1 is 0.923 bits per heavy atom. The average Bonchev–Trinajstić information content (AvgIpc) is 2.65. The fourth-order valence-electron chi connectivity index (χ4n) is 2.64. The summed E-state index contributed by atoms with van der Waals surface area (Å²) in [7, 11) is 1.61. The van der Waals surface area contributed by atoms with Gasteiger partial charge in [0.1, 0.15) is 11.4 Å². The monoisotopic (exact) mass is 353 g/mol. The smallest absolute Gasteiger partial charge is 0.299 e. The van der Waals surface area contributed by atoms with Gasteiger partial charge in [0.05, 0.1) is 23.0 Å². The van der Waals surface area contributed by atoms with Gasteiger partial charge < -0.3 is 10.1 Å². The molecule has 132 valence electrons. The second-order valence-corrected chi connectivity index (χ2v) is 5.62. The molecule has 26 heavy (non-hydrogen) atoms. The summed E-state index contributed by atoms with van der Waals surface area (Å²) in [4.78, 5) is 20.7. The maximum absolute atomic E-state index is 11.2. The summed E-state index contributed by atoms with van der Waals surface area (Å²) in [5.41, 5.74) is 0.511. The van der Waals surface area contributed by atoms with Crippen LogP contribution >= 0.6 is 0 Å². The number of nitrogens with one attached hydrogen (secondary N) is 1. The number of ether oxygens (including phenoxy) is 1. The minimum atomic E-state index is -0.658. The Morgan fingerprint density at radius 3 is 2.35 bits per heavy atom. The second kappa shape index (κ2) is 7.06. The van der Waals surface area contributed by atoms with Crippen LogP contribution in [0.15, 0.2) is 54.6 Å². The molecule has 0 spiro atoms. The number of nitrogens with zero attached hydrogens (tertiary/aromatic N) is 2. The van der Waals surface area contributed by atoms with Gasteiger partial charge >= 0.3 is 0 Å². The van der Waals surface area contributed by atoms with Gasteiger partial charge in [-0.2, -0.15) is 0 Å². The van der Waals surface area contributed by atoms with E-state index in [4.69, 9.17) is 4.74 Å². The molecule has 0 heterocycles. The minimum absolute atomic E-state index is 0.232. The molecular weight excluding hydrogens is 338 g/mol. The fourth-order valence-corrected chi connectivity index (χ4v) is 2.64. The summed E-state index contributed by atoms with van der Waals surface area (Å²) in [5.74, 6) is 0.768. The van der Waals surface area contributed by atoms with E-state index in [9.17, 15) is 20.2 Å². The van der Waals surface area contributed by atoms with Crippen molar-refractivity contribution in [3.8, 4) is 5.75 Å². The Morgan fingerprint density at radius 2 is 1.65 bits per heavy atom. The Balaban J connectivity index is 1.83. The summed E-state index contributed by atoms with van der Waals surface area (Å²) < 4.78 is 5.20. The molecule has 0 aromatic heterocycles. The number of hydrogen-bond donors (Lipinski definition) is 1. The molecule has 0 aliphatic carbocycles. The van der Waals surface area contributed by atoms with Crippen LogP contribution in [0.5, 0.6) is 5.75 Å². The molecule has 3 aromatic rings. The van der Waals surface area contributed by atoms with Crippen molar-refractivity contribution < 1.29 is 14.6 Å². The Labute approximate surface area is 148 Å². The lowest BCUT2D eigenvalue weighted by Gasteiger charge is -2.09. The molecule has 0 fully saturated rings. The molecule has 0 saturated heterocycles. The molecule has 0 saturated carbocycles. The third kappa shape index (κ3) is 3.54. The zero-order chi connectivity index (χ0) is 18.7. The molecule has 1 N–H and O–H groups in total. The standard InChI is InChI=1S/C18H15N3O5/c1-26-16-6-4-13-8-12(2-3-14(13)9-16)11-19-17-7-5-15(20(22)23)10-18(17)21(24)25/h2-10,19H,11H2,1H3. The molecule has 8 nitrogen and oxygen atoms in total. The Kier molecular flexibility index (Phi) is 4.66. The third-order valence-electron chi connectivity index (χ3n) is 3.98. The number of anilines is 1. The van der Waals surface area contributed by atoms with Crippen molar-refractivity contribution in [2.75, 3.05) is 12.4 Å². The second-order valence-electron chi connectivity index (χ2n) is 5.62. The number of hydrogen-bond acceptors (Lipinski definition) is 6. The summed E-state index contributed by atoms with van der Waals surface area (Å²) in [5, 5.41) is 27.0. The molecule has 3 rings (SSSR count). The van der Waals surface area contributed by atoms with Gasteiger partial charge in [-0.05, 0) is 40.6 Å². The van der Waals surface area contributed by atoms with E-state index in [1.54, 1.807) is 7.11 Å². The van der Waals surface area contributed by atoms with Gasteiger partial charge in [-0.25, -0.2) is 0 Å². The Hall–Kier alpha value is -3.68. The molecular formula is C18H15N3O5. The van der Waals surface area contributed by atoms with Crippen molar-refractivity contribution in [1.29, 1.82) is 0 Å². The van der Waals surface area contributed by atoms with Crippen LogP contribution in [0, 0.1) is 20.2 Å². The number of fused-ring (bicyclic) bond motifs is 1. The van der Waals surface area contributed by atoms with E-state index in [1.807, 2.05) is 36.4 Å². The van der Waals surface area contributed by atoms with E-state index in [0.29, 0.717) is 6.54 Å². The molecule has 0 unspecified atom stereocenters. The third-order valence-corrected chi connectivity index (χ3v) is 3.98. The summed E-state index contributed by atoms with van der Waals surface area (Å²) >= 11 is 0. The predicted molar refractivity (Wildman–Crippen MR) is 97.6 cm³/mol. The van der Waals surface area contributed by atoms with E-state index in [0.717, 1.165) is 28.2 Å². The Bertz CT molecular complexity index is 1000. The number of non-ortho nitro benzene ring substituents is 1. The zero-order valence-corrected chi connectivity index (χ0v) is 13.8. The highest BCUT2D eigenvalue weighted by Gasteiger charge is 2.19. The maximum Gasteiger partial charge on any atom is 0.299 e. The quantitative estimate of drug-likeness (QED) is 0.523. The topological polar surface area (TPSA) is 108 Å². The predicted octanol–water partition coefficient (Wildman–Crippen LogP) is 4.28. The largest absolute Gasteiger partial charge is 0.497 e. The number of benzene rings is 3. The van der Waals surface area contributed by atoms with Crippen LogP contribution in [-0.4, -0.2) is 17.0 Å². The highest BCUT2D eigenvalue weighted by atomic mass is 16.6. The average molecular weight is 353 g/mol. The molecule has 0 amide bonds. The fraction of sp³-hybridized carbons (Fsp3) is 0.111. The van der Waals surface area contributed by atoms with Gasteiger partial charge in [0.2, 0.25) is 0 Å². The summed E-state index contributed by atoms with van der Waals surface area (Å²) in [6.07, 6.45) is 0. The van der Waals surface area contributed by atoms with Gasteiger partial charge in [0.15, 0.2) is 0 Å². The zero-order valence-electron chi connectivity index (χ0n) is 13.8. The number of rotatable bonds is 6. The highest BCUT2D eigenvalue weighted by Crippen LogP contribution is 2.29. The van der Waals surface area contributed by atoms with Crippen molar-refractivity contribution in [2.45, 2.75) is 6.54 Å². The van der Waals surface area contributed by atoms with Crippen LogP contribution in [0.4, 0.5) is 17.1 Å². The SMILES string of the molecule is COc1ccc2cc(CNc3ccc([N+](=O)[O-])cc3[N+](=O)[O-])ccc2c1. The van der Waals surface area contributed by atoms with Crippen LogP contribution in [0.1, 0.15) is 5.56 Å². The van der Waals surface area contributed by atoms with Gasteiger partial charge in [-0.1, -0.05) is 18.2 Å². The minimum Gasteiger partial charge on any atom is -0.497 e. The maximum atomic E-state index is 11.2. The molecule has 0 atom stereocenters. The first-order chi connectivity index (χ1) is 12.5. The van der Waals surface area contributed by atoms with E-state index in [2.05, 4.69) is 5.32 Å². The lowest BCUT2D eigenvalue weighted by molar-refractivity contribution is -0.393. The summed E-state index contributed by atoms with van der Waals surface area (Å²) in [6, 6.07) is 15.1. The van der Waals surface area contributed by atoms with Gasteiger partial charge in [-0.15, -0.1) is 0 Å². The van der Waals surface area contributed by atoms with Crippen LogP contribution < -0.4 is 10.1 Å². The lowest BCUT2D eigenvalue weighted by atomic mass is 10.1. The van der Waals surface area contributed by atoms with E-state index in [1.165, 1.54) is 12.1 Å². The molecule has 0 aliphatic heterocycles. The highest BCUT2D eigenvalue weighted by molar-refractivity contribution is 5.84. The molecule has 8 heteroatoms. The number of nitro groups is 2. The molecule has 0 aliphatic rings. The van der Waals surface area contributed by atoms with E-state index < -0.39 is 9.85 Å². The van der Waals surface area contributed by atoms with Crippen molar-refractivity contribution in [3.05, 3.63) is 80.4 Å². The van der Waals surface area contributed by atoms with Crippen molar-refractivity contribution in [3.63, 3.8) is 0 Å². The van der Waals surface area contributed by atoms with Crippen molar-refractivity contribution in [2.24, 2.45) is 0 Å². The number of nitro benzene ring substituents is 2. The first-order valence-corrected chi connectivity index (χ1v) is 7.71. The van der Waals surface area contributed by atoms with Crippen LogP contribution in [0.3, 0.4) is 0 Å². The van der Waals surface area contributed by atoms with Gasteiger partial charge in [0.25, 0.3) is 11.4 Å². The van der Waals surface area contributed by atoms with Crippen LogP contribution in [0.25, 0.3) is 10.8 Å². The van der Waals surface area contributed by atoms with Crippen molar-refractivity contribution >= 4 is 27.8 Å². The number of methoxy groups -OCH3 is 1. The molecule has 0 bridgehead atoms. The first-order valence-electron chi connectivity index (χ1n) is 7.71.